The van der Waals surface area contributed by atoms with Crippen LogP contribution in [0.15, 0.2) is 0 Å². The molecular formula is C27H46O7. The summed E-state index contributed by atoms with van der Waals surface area (Å²) in [6.07, 6.45) is 1.18. The average Bonchev–Trinajstić information content (AvgIpc) is 3.00. The molecule has 0 aliphatic heterocycles. The third-order valence-corrected chi connectivity index (χ3v) is 11.1. The molecule has 0 saturated heterocycles. The van der Waals surface area contributed by atoms with E-state index in [0.717, 1.165) is 6.42 Å². The van der Waals surface area contributed by atoms with Gasteiger partial charge in [-0.15, -0.1) is 0 Å². The van der Waals surface area contributed by atoms with Crippen LogP contribution in [0.5, 0.6) is 0 Å². The third kappa shape index (κ3) is 3.81. The molecule has 4 saturated carbocycles. The predicted molar refractivity (Wildman–Crippen MR) is 127 cm³/mol. The number of hydrogen-bond donors (Lipinski definition) is 6. The number of hydrogen-bond acceptors (Lipinski definition) is 7. The van der Waals surface area contributed by atoms with Crippen LogP contribution >= 0.6 is 0 Å². The average molecular weight is 483 g/mol. The molecule has 0 bridgehead atoms. The van der Waals surface area contributed by atoms with E-state index in [1.807, 2.05) is 6.92 Å². The van der Waals surface area contributed by atoms with Crippen LogP contribution in [0.1, 0.15) is 92.4 Å². The maximum atomic E-state index is 13.3. The lowest BCUT2D eigenvalue weighted by Crippen LogP contribution is -2.66. The molecule has 0 spiro atoms. The van der Waals surface area contributed by atoms with Crippen molar-refractivity contribution < 1.29 is 35.4 Å². The summed E-state index contributed by atoms with van der Waals surface area (Å²) in [6.45, 7) is 9.08. The normalized spacial score (nSPS) is 49.6. The maximum Gasteiger partial charge on any atom is 0.137 e. The molecule has 196 valence electrons. The van der Waals surface area contributed by atoms with Crippen LogP contribution in [0, 0.1) is 34.5 Å². The van der Waals surface area contributed by atoms with E-state index in [9.17, 15) is 35.4 Å². The minimum absolute atomic E-state index is 0.0548. The summed E-state index contributed by atoms with van der Waals surface area (Å²) in [7, 11) is 0. The molecule has 0 aromatic carbocycles. The first kappa shape index (κ1) is 26.5. The van der Waals surface area contributed by atoms with Gasteiger partial charge in [-0.1, -0.05) is 13.8 Å². The highest BCUT2D eigenvalue weighted by Crippen LogP contribution is 2.69. The van der Waals surface area contributed by atoms with Gasteiger partial charge in [0.1, 0.15) is 5.78 Å². The van der Waals surface area contributed by atoms with Crippen molar-refractivity contribution in [1.82, 2.24) is 0 Å². The van der Waals surface area contributed by atoms with Crippen LogP contribution in [0.3, 0.4) is 0 Å². The summed E-state index contributed by atoms with van der Waals surface area (Å²) < 4.78 is 0. The second-order valence-corrected chi connectivity index (χ2v) is 13.6. The van der Waals surface area contributed by atoms with E-state index in [0.29, 0.717) is 32.1 Å². The summed E-state index contributed by atoms with van der Waals surface area (Å²) in [5.74, 6) is -0.796. The lowest BCUT2D eigenvalue weighted by atomic mass is 9.42. The van der Waals surface area contributed by atoms with Crippen molar-refractivity contribution in [3.63, 3.8) is 0 Å². The Morgan fingerprint density at radius 1 is 1.03 bits per heavy atom. The fraction of sp³-hybridized carbons (Fsp3) is 0.963. The molecule has 6 N–H and O–H groups in total. The number of Topliss-reactive ketones (excluding diaryl/α,β-unsaturated/α-hetero) is 1. The summed E-state index contributed by atoms with van der Waals surface area (Å²) >= 11 is 0. The van der Waals surface area contributed by atoms with Crippen LogP contribution in [0.2, 0.25) is 0 Å². The summed E-state index contributed by atoms with van der Waals surface area (Å²) in [4.78, 5) is 13.3. The van der Waals surface area contributed by atoms with Crippen molar-refractivity contribution in [1.29, 1.82) is 0 Å². The van der Waals surface area contributed by atoms with Gasteiger partial charge in [0.2, 0.25) is 0 Å². The molecule has 0 aromatic heterocycles. The molecule has 0 radical (unpaired) electrons. The molecular weight excluding hydrogens is 436 g/mol. The maximum absolute atomic E-state index is 13.3. The van der Waals surface area contributed by atoms with E-state index in [2.05, 4.69) is 6.92 Å². The van der Waals surface area contributed by atoms with E-state index >= 15 is 0 Å². The standard InChI is InChI=1S/C27H46O7/c1-23(2,32)9-8-22(31)26(5,33)21-7-11-27(34)16-12-18(28)17-13-19(29)20(30)14-24(17,3)15(16)6-10-25(21,27)4/h15-17,19-22,29-34H,6-14H2,1-5H3/t15-,16+,17-,19+,20-,21?,22+,24+,25+,26+,27+/m0/s1. The van der Waals surface area contributed by atoms with Gasteiger partial charge in [-0.2, -0.15) is 0 Å². The molecule has 0 amide bonds. The Labute approximate surface area is 203 Å². The van der Waals surface area contributed by atoms with E-state index in [-0.39, 0.29) is 48.7 Å². The molecule has 0 heterocycles. The van der Waals surface area contributed by atoms with Gasteiger partial charge in [-0.05, 0) is 95.3 Å². The van der Waals surface area contributed by atoms with Crippen molar-refractivity contribution in [3.8, 4) is 0 Å². The SMILES string of the molecule is CC(C)(O)CC[C@@H](O)[C@](C)(O)C1CC[C@@]2(O)[C@@H]3CC(=O)[C@@H]4C[C@@H](O)[C@@H](O)C[C@]4(C)[C@H]3CC[C@]12C. The lowest BCUT2D eigenvalue weighted by molar-refractivity contribution is -0.232. The largest absolute Gasteiger partial charge is 0.390 e. The first-order valence-electron chi connectivity index (χ1n) is 13.2. The Morgan fingerprint density at radius 2 is 1.68 bits per heavy atom. The zero-order valence-electron chi connectivity index (χ0n) is 21.5. The Hall–Kier alpha value is -0.570. The van der Waals surface area contributed by atoms with Gasteiger partial charge in [0, 0.05) is 17.8 Å². The molecule has 11 atom stereocenters. The predicted octanol–water partition coefficient (Wildman–Crippen LogP) is 1.93. The summed E-state index contributed by atoms with van der Waals surface area (Å²) in [5, 5.41) is 65.6. The number of aliphatic hydroxyl groups is 6. The monoisotopic (exact) mass is 482 g/mol. The number of carbonyl (C=O) groups excluding carboxylic acids is 1. The molecule has 4 fully saturated rings. The van der Waals surface area contributed by atoms with Crippen LogP contribution in [-0.2, 0) is 4.79 Å². The fourth-order valence-corrected chi connectivity index (χ4v) is 8.98. The Morgan fingerprint density at radius 3 is 2.29 bits per heavy atom. The molecule has 4 aliphatic carbocycles. The highest BCUT2D eigenvalue weighted by molar-refractivity contribution is 5.83. The smallest absolute Gasteiger partial charge is 0.137 e. The van der Waals surface area contributed by atoms with Gasteiger partial charge >= 0.3 is 0 Å². The van der Waals surface area contributed by atoms with Crippen molar-refractivity contribution in [2.75, 3.05) is 0 Å². The van der Waals surface area contributed by atoms with Gasteiger partial charge in [0.25, 0.3) is 0 Å². The van der Waals surface area contributed by atoms with Crippen LogP contribution in [-0.4, -0.2) is 71.5 Å². The van der Waals surface area contributed by atoms with Crippen LogP contribution in [0.4, 0.5) is 0 Å². The molecule has 7 nitrogen and oxygen atoms in total. The molecule has 1 unspecified atom stereocenters. The van der Waals surface area contributed by atoms with Crippen molar-refractivity contribution in [2.45, 2.75) is 128 Å². The quantitative estimate of drug-likeness (QED) is 0.352. The number of rotatable bonds is 5. The molecule has 0 aromatic rings. The zero-order valence-corrected chi connectivity index (χ0v) is 21.5. The number of aliphatic hydroxyl groups excluding tert-OH is 3. The number of fused-ring (bicyclic) bond motifs is 5. The van der Waals surface area contributed by atoms with Gasteiger partial charge in [-0.25, -0.2) is 0 Å². The second-order valence-electron chi connectivity index (χ2n) is 13.6. The van der Waals surface area contributed by atoms with E-state index < -0.39 is 45.9 Å². The first-order chi connectivity index (χ1) is 15.5. The van der Waals surface area contributed by atoms with E-state index in [1.165, 1.54) is 0 Å². The molecule has 7 heteroatoms. The van der Waals surface area contributed by atoms with Gasteiger partial charge in [0.15, 0.2) is 0 Å². The minimum Gasteiger partial charge on any atom is -0.390 e. The topological polar surface area (TPSA) is 138 Å². The van der Waals surface area contributed by atoms with Gasteiger partial charge in [0.05, 0.1) is 35.1 Å². The lowest BCUT2D eigenvalue weighted by Gasteiger charge is -2.64. The molecule has 4 rings (SSSR count). The highest BCUT2D eigenvalue weighted by Gasteiger charge is 2.71. The van der Waals surface area contributed by atoms with Gasteiger partial charge < -0.3 is 30.6 Å². The second kappa shape index (κ2) is 8.22. The van der Waals surface area contributed by atoms with Crippen LogP contribution < -0.4 is 0 Å². The van der Waals surface area contributed by atoms with E-state index in [1.54, 1.807) is 20.8 Å². The van der Waals surface area contributed by atoms with E-state index in [4.69, 9.17) is 0 Å². The zero-order chi connectivity index (χ0) is 25.5. The van der Waals surface area contributed by atoms with Crippen LogP contribution in [0.25, 0.3) is 0 Å². The van der Waals surface area contributed by atoms with Crippen molar-refractivity contribution in [2.24, 2.45) is 34.5 Å². The Kier molecular flexibility index (Phi) is 6.40. The fourth-order valence-electron chi connectivity index (χ4n) is 8.98. The molecule has 34 heavy (non-hydrogen) atoms. The molecule has 4 aliphatic rings. The Bertz CT molecular complexity index is 805. The summed E-state index contributed by atoms with van der Waals surface area (Å²) in [5.41, 5.74) is -4.66. The highest BCUT2D eigenvalue weighted by atomic mass is 16.3. The number of ketones is 1. The first-order valence-corrected chi connectivity index (χ1v) is 13.2. The van der Waals surface area contributed by atoms with Gasteiger partial charge in [-0.3, -0.25) is 4.79 Å². The Balaban J connectivity index is 1.62. The third-order valence-electron chi connectivity index (χ3n) is 11.1. The van der Waals surface area contributed by atoms with Crippen molar-refractivity contribution >= 4 is 5.78 Å². The van der Waals surface area contributed by atoms with Crippen molar-refractivity contribution in [3.05, 3.63) is 0 Å². The minimum atomic E-state index is -1.44. The number of carbonyl (C=O) groups is 1. The summed E-state index contributed by atoms with van der Waals surface area (Å²) in [6, 6.07) is 0.